The van der Waals surface area contributed by atoms with Crippen molar-refractivity contribution in [3.63, 3.8) is 0 Å². The van der Waals surface area contributed by atoms with Crippen LogP contribution in [0.1, 0.15) is 16.7 Å². The Bertz CT molecular complexity index is 2740. The van der Waals surface area contributed by atoms with Gasteiger partial charge in [0.2, 0.25) is 0 Å². The van der Waals surface area contributed by atoms with Crippen LogP contribution in [0, 0.1) is 32.9 Å². The topological polar surface area (TPSA) is 70.7 Å². The Morgan fingerprint density at radius 2 is 1.30 bits per heavy atom. The number of benzene rings is 4. The van der Waals surface area contributed by atoms with Crippen molar-refractivity contribution in [3.8, 4) is 56.9 Å². The van der Waals surface area contributed by atoms with Crippen LogP contribution in [0.5, 0.6) is 11.5 Å². The smallest absolute Gasteiger partial charge is 0.509 e. The molecule has 9 aromatic rings. The number of aryl methyl sites for hydroxylation is 3. The van der Waals surface area contributed by atoms with Crippen LogP contribution in [0.4, 0.5) is 0 Å². The van der Waals surface area contributed by atoms with Crippen molar-refractivity contribution in [2.24, 2.45) is 0 Å². The zero-order chi connectivity index (χ0) is 35.2. The van der Waals surface area contributed by atoms with Crippen LogP contribution in [-0.2, 0) is 21.1 Å². The minimum Gasteiger partial charge on any atom is -0.509 e. The number of rotatable bonds is 7. The summed E-state index contributed by atoms with van der Waals surface area (Å²) in [5.41, 5.74) is 11.3. The normalized spacial score (nSPS) is 11.2. The molecule has 4 aromatic carbocycles. The van der Waals surface area contributed by atoms with Gasteiger partial charge < -0.3 is 9.30 Å². The first-order valence-corrected chi connectivity index (χ1v) is 17.1. The van der Waals surface area contributed by atoms with Gasteiger partial charge in [-0.1, -0.05) is 54.0 Å². The summed E-state index contributed by atoms with van der Waals surface area (Å²) in [6.45, 7) is 6.34. The molecule has 8 heteroatoms. The van der Waals surface area contributed by atoms with Crippen LogP contribution in [-0.4, -0.2) is 29.3 Å². The maximum atomic E-state index is 6.54. The Morgan fingerprint density at radius 1 is 0.585 bits per heavy atom. The molecular weight excluding hydrogens is 836 g/mol. The molecule has 258 valence electrons. The fourth-order valence-corrected chi connectivity index (χ4v) is 7.01. The van der Waals surface area contributed by atoms with Crippen LogP contribution >= 0.6 is 0 Å². The van der Waals surface area contributed by atoms with Crippen molar-refractivity contribution in [3.05, 3.63) is 169 Å². The molecule has 53 heavy (non-hydrogen) atoms. The van der Waals surface area contributed by atoms with E-state index in [0.29, 0.717) is 17.2 Å². The molecule has 0 atom stereocenters. The standard InChI is InChI=1S/C45H32N6O.Pt/c1-29-22-25-48-41(26-29)50-39-19-5-4-16-35(39)36-21-20-34(28-40(36)50)52-33-15-11-14-32(27-33)51-45(38-18-7-9-24-47-38)43(42-30(2)12-10-13-31(42)3)44(49-51)37-17-6-8-23-46-37;/h4-26H,1-3H3;/q-2;+2. The number of aromatic nitrogens is 6. The van der Waals surface area contributed by atoms with Gasteiger partial charge in [-0.2, -0.15) is 17.2 Å². The molecule has 0 aliphatic carbocycles. The second-order valence-electron chi connectivity index (χ2n) is 12.8. The van der Waals surface area contributed by atoms with E-state index in [1.807, 2.05) is 89.9 Å². The maximum absolute atomic E-state index is 6.54. The summed E-state index contributed by atoms with van der Waals surface area (Å²) in [5, 5.41) is 7.46. The van der Waals surface area contributed by atoms with Crippen molar-refractivity contribution < 1.29 is 25.8 Å². The number of hydrogen-bond donors (Lipinski definition) is 0. The summed E-state index contributed by atoms with van der Waals surface area (Å²) in [6, 6.07) is 47.5. The van der Waals surface area contributed by atoms with E-state index in [1.165, 1.54) is 0 Å². The first-order valence-electron chi connectivity index (χ1n) is 17.1. The van der Waals surface area contributed by atoms with E-state index in [4.69, 9.17) is 24.8 Å². The van der Waals surface area contributed by atoms with Crippen LogP contribution in [0.25, 0.3) is 67.2 Å². The fraction of sp³-hybridized carbons (Fsp3) is 0.0667. The van der Waals surface area contributed by atoms with Crippen LogP contribution in [0.15, 0.2) is 140 Å². The number of ether oxygens (including phenoxy) is 1. The van der Waals surface area contributed by atoms with Gasteiger partial charge in [0.05, 0.1) is 17.1 Å². The van der Waals surface area contributed by atoms with E-state index >= 15 is 0 Å². The summed E-state index contributed by atoms with van der Waals surface area (Å²) >= 11 is 0. The number of fused-ring (bicyclic) bond motifs is 3. The molecule has 0 N–H and O–H groups in total. The Balaban J connectivity index is 0.00000400. The van der Waals surface area contributed by atoms with Gasteiger partial charge in [0.25, 0.3) is 0 Å². The van der Waals surface area contributed by atoms with Gasteiger partial charge in [-0.05, 0) is 96.6 Å². The Morgan fingerprint density at radius 3 is 2.06 bits per heavy atom. The van der Waals surface area contributed by atoms with Gasteiger partial charge >= 0.3 is 21.1 Å². The van der Waals surface area contributed by atoms with Gasteiger partial charge in [0, 0.05) is 41.2 Å². The SMILES string of the molecule is Cc1ccnc(-n2c3[c-]c(Oc4[c-]c(-n5nc(-c6ccccn6)c(-c6c(C)cccc6C)c5-c5ccccn5)ccc4)ccc3c3ccccc32)c1.[Pt+2]. The zero-order valence-electron chi connectivity index (χ0n) is 29.2. The monoisotopic (exact) mass is 867 g/mol. The molecular formula is C45H32N6OPt. The van der Waals surface area contributed by atoms with Gasteiger partial charge in [0.15, 0.2) is 0 Å². The third-order valence-corrected chi connectivity index (χ3v) is 9.32. The molecule has 0 aliphatic rings. The predicted molar refractivity (Wildman–Crippen MR) is 206 cm³/mol. The van der Waals surface area contributed by atoms with Crippen molar-refractivity contribution in [2.75, 3.05) is 0 Å². The van der Waals surface area contributed by atoms with Gasteiger partial charge in [-0.3, -0.25) is 14.6 Å². The summed E-state index contributed by atoms with van der Waals surface area (Å²) in [5.74, 6) is 1.92. The average Bonchev–Trinajstić information content (AvgIpc) is 3.72. The fourth-order valence-electron chi connectivity index (χ4n) is 7.01. The van der Waals surface area contributed by atoms with Crippen molar-refractivity contribution in [1.29, 1.82) is 0 Å². The quantitative estimate of drug-likeness (QED) is 0.149. The molecule has 0 bridgehead atoms. The van der Waals surface area contributed by atoms with Gasteiger partial charge in [-0.15, -0.1) is 35.7 Å². The second-order valence-corrected chi connectivity index (χ2v) is 12.8. The maximum Gasteiger partial charge on any atom is 2.00 e. The van der Waals surface area contributed by atoms with Crippen molar-refractivity contribution >= 4 is 21.8 Å². The summed E-state index contributed by atoms with van der Waals surface area (Å²) in [7, 11) is 0. The zero-order valence-corrected chi connectivity index (χ0v) is 31.5. The molecule has 5 heterocycles. The number of hydrogen-bond acceptors (Lipinski definition) is 5. The molecule has 0 fully saturated rings. The molecule has 0 amide bonds. The van der Waals surface area contributed by atoms with E-state index < -0.39 is 0 Å². The summed E-state index contributed by atoms with van der Waals surface area (Å²) in [6.07, 6.45) is 5.44. The number of nitrogens with zero attached hydrogens (tertiary/aromatic N) is 6. The van der Waals surface area contributed by atoms with Crippen molar-refractivity contribution in [2.45, 2.75) is 20.8 Å². The summed E-state index contributed by atoms with van der Waals surface area (Å²) < 4.78 is 10.6. The summed E-state index contributed by atoms with van der Waals surface area (Å²) in [4.78, 5) is 14.3. The van der Waals surface area contributed by atoms with Crippen LogP contribution in [0.3, 0.4) is 0 Å². The third-order valence-electron chi connectivity index (χ3n) is 9.32. The average molecular weight is 868 g/mol. The minimum atomic E-state index is 0. The molecule has 0 unspecified atom stereocenters. The van der Waals surface area contributed by atoms with Gasteiger partial charge in [0.1, 0.15) is 11.5 Å². The van der Waals surface area contributed by atoms with Crippen LogP contribution < -0.4 is 4.74 Å². The molecule has 0 saturated heterocycles. The predicted octanol–water partition coefficient (Wildman–Crippen LogP) is 10.5. The molecule has 7 nitrogen and oxygen atoms in total. The Hall–Kier alpha value is -6.17. The largest absolute Gasteiger partial charge is 2.00 e. The van der Waals surface area contributed by atoms with E-state index in [1.54, 1.807) is 6.20 Å². The second kappa shape index (κ2) is 14.1. The first kappa shape index (κ1) is 33.9. The third kappa shape index (κ3) is 6.13. The molecule has 5 aromatic heterocycles. The van der Waals surface area contributed by atoms with E-state index in [-0.39, 0.29) is 21.1 Å². The molecule has 0 spiro atoms. The Labute approximate surface area is 321 Å². The minimum absolute atomic E-state index is 0. The van der Waals surface area contributed by atoms with E-state index in [9.17, 15) is 0 Å². The van der Waals surface area contributed by atoms with E-state index in [0.717, 1.165) is 78.2 Å². The first-order chi connectivity index (χ1) is 25.5. The molecule has 0 saturated carbocycles. The number of pyridine rings is 3. The molecule has 0 radical (unpaired) electrons. The Kier molecular flexibility index (Phi) is 9.03. The van der Waals surface area contributed by atoms with Crippen molar-refractivity contribution in [1.82, 2.24) is 29.3 Å². The molecule has 0 aliphatic heterocycles. The van der Waals surface area contributed by atoms with E-state index in [2.05, 4.69) is 86.0 Å². The molecule has 9 rings (SSSR count). The van der Waals surface area contributed by atoms with Gasteiger partial charge in [-0.25, -0.2) is 4.98 Å². The number of para-hydroxylation sites is 1. The van der Waals surface area contributed by atoms with Crippen LogP contribution in [0.2, 0.25) is 0 Å².